The standard InChI is InChI=1S/C23H21F2NO4/c1-12-21(17(23(29)30)9-13-3-2-4-13)16-11-15(27)6-8-20(16)26(12)22(28)14-5-7-18(24)19(25)10-14/h5-8,10-11,13,17,27H,2-4,9H2,1H3,(H,29,30). The second-order valence-electron chi connectivity index (χ2n) is 7.89. The highest BCUT2D eigenvalue weighted by atomic mass is 19.2. The van der Waals surface area contributed by atoms with Crippen LogP contribution in [-0.2, 0) is 4.79 Å². The average molecular weight is 413 g/mol. The van der Waals surface area contributed by atoms with Gasteiger partial charge in [0.15, 0.2) is 11.6 Å². The fourth-order valence-corrected chi connectivity index (χ4v) is 4.29. The molecule has 0 spiro atoms. The van der Waals surface area contributed by atoms with E-state index in [2.05, 4.69) is 0 Å². The zero-order valence-corrected chi connectivity index (χ0v) is 16.4. The highest BCUT2D eigenvalue weighted by Gasteiger charge is 2.33. The summed E-state index contributed by atoms with van der Waals surface area (Å²) in [5.41, 5.74) is 1.24. The molecule has 5 nitrogen and oxygen atoms in total. The smallest absolute Gasteiger partial charge is 0.311 e. The lowest BCUT2D eigenvalue weighted by Gasteiger charge is -2.28. The Balaban J connectivity index is 1.90. The monoisotopic (exact) mass is 413 g/mol. The number of carbonyl (C=O) groups is 2. The van der Waals surface area contributed by atoms with Crippen LogP contribution in [0.1, 0.15) is 53.2 Å². The Morgan fingerprint density at radius 1 is 1.13 bits per heavy atom. The fourth-order valence-electron chi connectivity index (χ4n) is 4.29. The van der Waals surface area contributed by atoms with E-state index in [1.807, 2.05) is 0 Å². The molecular weight excluding hydrogens is 392 g/mol. The molecule has 1 aliphatic carbocycles. The van der Waals surface area contributed by atoms with Crippen LogP contribution in [0.15, 0.2) is 36.4 Å². The van der Waals surface area contributed by atoms with Gasteiger partial charge in [-0.2, -0.15) is 0 Å². The molecule has 2 aromatic carbocycles. The summed E-state index contributed by atoms with van der Waals surface area (Å²) in [5, 5.41) is 20.4. The van der Waals surface area contributed by atoms with Crippen molar-refractivity contribution in [3.8, 4) is 5.75 Å². The second-order valence-corrected chi connectivity index (χ2v) is 7.89. The van der Waals surface area contributed by atoms with Gasteiger partial charge in [-0.15, -0.1) is 0 Å². The zero-order valence-electron chi connectivity index (χ0n) is 16.4. The first-order chi connectivity index (χ1) is 14.3. The average Bonchev–Trinajstić information content (AvgIpc) is 2.93. The number of halogens is 2. The lowest BCUT2D eigenvalue weighted by Crippen LogP contribution is -2.21. The Morgan fingerprint density at radius 3 is 2.47 bits per heavy atom. The quantitative estimate of drug-likeness (QED) is 0.618. The molecule has 0 bridgehead atoms. The maximum absolute atomic E-state index is 13.7. The first kappa shape index (κ1) is 20.1. The summed E-state index contributed by atoms with van der Waals surface area (Å²) in [6.07, 6.45) is 3.47. The van der Waals surface area contributed by atoms with Gasteiger partial charge in [-0.05, 0) is 61.2 Å². The number of carboxylic acid groups (broad SMARTS) is 1. The highest BCUT2D eigenvalue weighted by molar-refractivity contribution is 6.05. The molecule has 0 radical (unpaired) electrons. The number of aromatic hydroxyl groups is 1. The number of fused-ring (bicyclic) bond motifs is 1. The van der Waals surface area contributed by atoms with Gasteiger partial charge in [0.05, 0.1) is 11.4 Å². The second kappa shape index (κ2) is 7.55. The summed E-state index contributed by atoms with van der Waals surface area (Å²) >= 11 is 0. The molecule has 30 heavy (non-hydrogen) atoms. The number of aliphatic carboxylic acids is 1. The topological polar surface area (TPSA) is 79.5 Å². The number of hydrogen-bond acceptors (Lipinski definition) is 3. The minimum atomic E-state index is -1.14. The molecule has 156 valence electrons. The van der Waals surface area contributed by atoms with Gasteiger partial charge in [0, 0.05) is 16.6 Å². The number of carbonyl (C=O) groups excluding carboxylic acids is 1. The number of aromatic nitrogens is 1. The third-order valence-corrected chi connectivity index (χ3v) is 6.05. The maximum atomic E-state index is 13.7. The highest BCUT2D eigenvalue weighted by Crippen LogP contribution is 2.41. The Morgan fingerprint density at radius 2 is 1.87 bits per heavy atom. The number of phenols is 1. The van der Waals surface area contributed by atoms with Gasteiger partial charge in [-0.25, -0.2) is 8.78 Å². The van der Waals surface area contributed by atoms with Crippen molar-refractivity contribution in [3.63, 3.8) is 0 Å². The molecule has 1 saturated carbocycles. The lowest BCUT2D eigenvalue weighted by molar-refractivity contribution is -0.139. The van der Waals surface area contributed by atoms with Gasteiger partial charge < -0.3 is 10.2 Å². The van der Waals surface area contributed by atoms with E-state index in [-0.39, 0.29) is 11.3 Å². The molecule has 1 aliphatic rings. The van der Waals surface area contributed by atoms with Crippen LogP contribution in [0.5, 0.6) is 5.75 Å². The van der Waals surface area contributed by atoms with Gasteiger partial charge in [0.2, 0.25) is 0 Å². The van der Waals surface area contributed by atoms with Crippen molar-refractivity contribution in [3.05, 3.63) is 64.9 Å². The molecule has 1 unspecified atom stereocenters. The molecule has 4 rings (SSSR count). The van der Waals surface area contributed by atoms with E-state index in [0.29, 0.717) is 34.5 Å². The van der Waals surface area contributed by atoms with E-state index in [4.69, 9.17) is 0 Å². The van der Waals surface area contributed by atoms with Crippen molar-refractivity contribution in [2.24, 2.45) is 5.92 Å². The van der Waals surface area contributed by atoms with E-state index >= 15 is 0 Å². The third-order valence-electron chi connectivity index (χ3n) is 6.05. The van der Waals surface area contributed by atoms with E-state index in [1.54, 1.807) is 6.92 Å². The molecule has 0 aliphatic heterocycles. The van der Waals surface area contributed by atoms with Crippen molar-refractivity contribution in [2.45, 2.75) is 38.5 Å². The molecule has 1 atom stereocenters. The SMILES string of the molecule is Cc1c(C(CC2CCC2)C(=O)O)c2cc(O)ccc2n1C(=O)c1ccc(F)c(F)c1. The van der Waals surface area contributed by atoms with Crippen molar-refractivity contribution >= 4 is 22.8 Å². The molecule has 0 saturated heterocycles. The van der Waals surface area contributed by atoms with Gasteiger partial charge >= 0.3 is 5.97 Å². The first-order valence-electron chi connectivity index (χ1n) is 9.84. The molecule has 0 amide bonds. The van der Waals surface area contributed by atoms with Gasteiger partial charge in [-0.1, -0.05) is 19.3 Å². The number of hydrogen-bond donors (Lipinski definition) is 2. The molecule has 7 heteroatoms. The molecule has 1 aromatic heterocycles. The van der Waals surface area contributed by atoms with Gasteiger partial charge in [0.25, 0.3) is 5.91 Å². The Labute approximate surface area is 171 Å². The van der Waals surface area contributed by atoms with E-state index < -0.39 is 29.4 Å². The van der Waals surface area contributed by atoms with Crippen molar-refractivity contribution in [2.75, 3.05) is 0 Å². The van der Waals surface area contributed by atoms with Crippen LogP contribution in [0.4, 0.5) is 8.78 Å². The maximum Gasteiger partial charge on any atom is 0.311 e. The number of carboxylic acids is 1. The summed E-state index contributed by atoms with van der Waals surface area (Å²) in [5.74, 6) is -4.36. The summed E-state index contributed by atoms with van der Waals surface area (Å²) in [7, 11) is 0. The van der Waals surface area contributed by atoms with E-state index in [1.165, 1.54) is 28.8 Å². The Hall–Kier alpha value is -3.22. The summed E-state index contributed by atoms with van der Waals surface area (Å²) in [6.45, 7) is 1.64. The van der Waals surface area contributed by atoms with Crippen LogP contribution in [-0.4, -0.2) is 26.7 Å². The number of phenolic OH excluding ortho intramolecular Hbond substituents is 1. The predicted octanol–water partition coefficient (Wildman–Crippen LogP) is 4.98. The third kappa shape index (κ3) is 3.34. The molecular formula is C23H21F2NO4. The van der Waals surface area contributed by atoms with Crippen molar-refractivity contribution < 1.29 is 28.6 Å². The van der Waals surface area contributed by atoms with E-state index in [0.717, 1.165) is 31.4 Å². The summed E-state index contributed by atoms with van der Waals surface area (Å²) in [6, 6.07) is 7.28. The summed E-state index contributed by atoms with van der Waals surface area (Å²) in [4.78, 5) is 25.3. The lowest BCUT2D eigenvalue weighted by atomic mass is 9.77. The molecule has 1 heterocycles. The van der Waals surface area contributed by atoms with Gasteiger partial charge in [-0.3, -0.25) is 14.2 Å². The van der Waals surface area contributed by atoms with Crippen LogP contribution < -0.4 is 0 Å². The minimum Gasteiger partial charge on any atom is -0.508 e. The minimum absolute atomic E-state index is 0.0473. The van der Waals surface area contributed by atoms with Crippen molar-refractivity contribution in [1.82, 2.24) is 4.57 Å². The van der Waals surface area contributed by atoms with E-state index in [9.17, 15) is 28.6 Å². The molecule has 3 aromatic rings. The van der Waals surface area contributed by atoms with Crippen molar-refractivity contribution in [1.29, 1.82) is 0 Å². The number of rotatable bonds is 5. The Bertz CT molecular complexity index is 1160. The molecule has 1 fully saturated rings. The van der Waals surface area contributed by atoms with Crippen LogP contribution in [0, 0.1) is 24.5 Å². The largest absolute Gasteiger partial charge is 0.508 e. The Kier molecular flexibility index (Phi) is 5.05. The number of benzene rings is 2. The predicted molar refractivity (Wildman–Crippen MR) is 107 cm³/mol. The zero-order chi connectivity index (χ0) is 21.6. The van der Waals surface area contributed by atoms with Gasteiger partial charge in [0.1, 0.15) is 5.75 Å². The van der Waals surface area contributed by atoms with Crippen LogP contribution in [0.3, 0.4) is 0 Å². The summed E-state index contributed by atoms with van der Waals surface area (Å²) < 4.78 is 28.3. The van der Waals surface area contributed by atoms with Crippen LogP contribution in [0.25, 0.3) is 10.9 Å². The molecule has 2 N–H and O–H groups in total. The normalized spacial score (nSPS) is 15.2. The number of nitrogens with zero attached hydrogens (tertiary/aromatic N) is 1. The van der Waals surface area contributed by atoms with Crippen LogP contribution in [0.2, 0.25) is 0 Å². The van der Waals surface area contributed by atoms with Crippen LogP contribution >= 0.6 is 0 Å². The first-order valence-corrected chi connectivity index (χ1v) is 9.84. The fraction of sp³-hybridized carbons (Fsp3) is 0.304.